The van der Waals surface area contributed by atoms with Crippen molar-refractivity contribution in [3.63, 3.8) is 0 Å². The molecular weight excluding hydrogens is 220 g/mol. The molecule has 1 aliphatic rings. The molecule has 1 fully saturated rings. The first-order valence-electron chi connectivity index (χ1n) is 6.15. The van der Waals surface area contributed by atoms with E-state index in [1.165, 1.54) is 0 Å². The normalized spacial score (nSPS) is 18.4. The van der Waals surface area contributed by atoms with E-state index in [2.05, 4.69) is 5.32 Å². The number of amides is 1. The van der Waals surface area contributed by atoms with Crippen LogP contribution in [0.25, 0.3) is 0 Å². The van der Waals surface area contributed by atoms with Gasteiger partial charge >= 0.3 is 0 Å². The first kappa shape index (κ1) is 14.4. The number of hydrogen-bond donors (Lipinski definition) is 2. The third kappa shape index (κ3) is 4.61. The van der Waals surface area contributed by atoms with E-state index in [9.17, 15) is 9.90 Å². The topological polar surface area (TPSA) is 61.8 Å². The molecule has 0 aromatic carbocycles. The predicted octanol–water partition coefficient (Wildman–Crippen LogP) is -0.0157. The minimum absolute atomic E-state index is 0.0147. The molecule has 2 N–H and O–H groups in total. The summed E-state index contributed by atoms with van der Waals surface area (Å²) in [7, 11) is 1.85. The molecule has 0 aliphatic carbocycles. The Balaban J connectivity index is 2.33. The number of carbonyl (C=O) groups is 1. The number of ether oxygens (including phenoxy) is 1. The smallest absolute Gasteiger partial charge is 0.234 e. The molecule has 1 rings (SSSR count). The minimum Gasteiger partial charge on any atom is -0.394 e. The van der Waals surface area contributed by atoms with E-state index in [0.29, 0.717) is 6.54 Å². The van der Waals surface area contributed by atoms with Gasteiger partial charge < -0.3 is 15.2 Å². The van der Waals surface area contributed by atoms with Gasteiger partial charge in [0, 0.05) is 24.8 Å². The van der Waals surface area contributed by atoms with E-state index in [-0.39, 0.29) is 24.1 Å². The number of nitrogens with one attached hydrogen (secondary N) is 1. The van der Waals surface area contributed by atoms with Crippen molar-refractivity contribution in [3.05, 3.63) is 0 Å². The number of rotatable bonds is 5. The summed E-state index contributed by atoms with van der Waals surface area (Å²) >= 11 is 0. The number of carbonyl (C=O) groups excluding carboxylic acids is 1. The van der Waals surface area contributed by atoms with Gasteiger partial charge in [0.15, 0.2) is 0 Å². The van der Waals surface area contributed by atoms with Crippen molar-refractivity contribution in [3.8, 4) is 0 Å². The first-order valence-corrected chi connectivity index (χ1v) is 6.15. The molecule has 17 heavy (non-hydrogen) atoms. The summed E-state index contributed by atoms with van der Waals surface area (Å²) in [6.07, 6.45) is 1.78. The Morgan fingerprint density at radius 3 is 2.59 bits per heavy atom. The molecule has 0 bridgehead atoms. The molecule has 0 aromatic heterocycles. The molecular formula is C12H24N2O3. The minimum atomic E-state index is -0.368. The molecule has 1 heterocycles. The van der Waals surface area contributed by atoms with E-state index >= 15 is 0 Å². The van der Waals surface area contributed by atoms with Crippen LogP contribution in [0.3, 0.4) is 0 Å². The molecule has 0 radical (unpaired) electrons. The molecule has 1 aliphatic heterocycles. The van der Waals surface area contributed by atoms with Crippen molar-refractivity contribution in [1.82, 2.24) is 10.2 Å². The number of aliphatic hydroxyl groups is 1. The highest BCUT2D eigenvalue weighted by molar-refractivity contribution is 5.78. The second-order valence-electron chi connectivity index (χ2n) is 5.28. The van der Waals surface area contributed by atoms with Crippen LogP contribution in [-0.4, -0.2) is 60.9 Å². The quantitative estimate of drug-likeness (QED) is 0.714. The highest BCUT2D eigenvalue weighted by atomic mass is 16.5. The summed E-state index contributed by atoms with van der Waals surface area (Å²) in [4.78, 5) is 13.7. The van der Waals surface area contributed by atoms with Crippen molar-refractivity contribution in [2.24, 2.45) is 0 Å². The predicted molar refractivity (Wildman–Crippen MR) is 65.8 cm³/mol. The monoisotopic (exact) mass is 244 g/mol. The average molecular weight is 244 g/mol. The van der Waals surface area contributed by atoms with Crippen LogP contribution in [0.5, 0.6) is 0 Å². The van der Waals surface area contributed by atoms with Crippen LogP contribution in [0.2, 0.25) is 0 Å². The van der Waals surface area contributed by atoms with Crippen LogP contribution >= 0.6 is 0 Å². The highest BCUT2D eigenvalue weighted by Crippen LogP contribution is 2.11. The molecule has 1 saturated heterocycles. The Morgan fingerprint density at radius 2 is 2.06 bits per heavy atom. The van der Waals surface area contributed by atoms with Crippen LogP contribution in [0, 0.1) is 0 Å². The van der Waals surface area contributed by atoms with Gasteiger partial charge in [-0.05, 0) is 33.7 Å². The molecule has 0 unspecified atom stereocenters. The fourth-order valence-electron chi connectivity index (χ4n) is 1.67. The van der Waals surface area contributed by atoms with Crippen molar-refractivity contribution in [2.75, 3.05) is 33.4 Å². The summed E-state index contributed by atoms with van der Waals surface area (Å²) < 4.78 is 5.24. The Kier molecular flexibility index (Phi) is 5.36. The van der Waals surface area contributed by atoms with Crippen molar-refractivity contribution < 1.29 is 14.6 Å². The summed E-state index contributed by atoms with van der Waals surface area (Å²) in [6, 6.07) is 0.238. The fraction of sp³-hybridized carbons (Fsp3) is 0.917. The van der Waals surface area contributed by atoms with Crippen molar-refractivity contribution in [1.29, 1.82) is 0 Å². The lowest BCUT2D eigenvalue weighted by molar-refractivity contribution is -0.124. The lowest BCUT2D eigenvalue weighted by Gasteiger charge is -2.34. The second kappa shape index (κ2) is 6.33. The van der Waals surface area contributed by atoms with Crippen molar-refractivity contribution in [2.45, 2.75) is 38.3 Å². The first-order chi connectivity index (χ1) is 7.95. The molecule has 0 spiro atoms. The highest BCUT2D eigenvalue weighted by Gasteiger charge is 2.25. The van der Waals surface area contributed by atoms with E-state index in [0.717, 1.165) is 26.1 Å². The summed E-state index contributed by atoms with van der Waals surface area (Å²) in [5.41, 5.74) is -0.368. The number of aliphatic hydroxyl groups excluding tert-OH is 1. The molecule has 0 saturated carbocycles. The average Bonchev–Trinajstić information content (AvgIpc) is 2.30. The number of likely N-dealkylation sites (N-methyl/N-ethyl adjacent to an activating group) is 1. The lowest BCUT2D eigenvalue weighted by Crippen LogP contribution is -2.50. The Hall–Kier alpha value is -0.650. The second-order valence-corrected chi connectivity index (χ2v) is 5.28. The maximum atomic E-state index is 11.8. The van der Waals surface area contributed by atoms with Gasteiger partial charge in [0.25, 0.3) is 0 Å². The van der Waals surface area contributed by atoms with Gasteiger partial charge in [-0.1, -0.05) is 0 Å². The molecule has 5 heteroatoms. The van der Waals surface area contributed by atoms with Crippen LogP contribution in [0.1, 0.15) is 26.7 Å². The fourth-order valence-corrected chi connectivity index (χ4v) is 1.67. The van der Waals surface area contributed by atoms with Gasteiger partial charge in [0.1, 0.15) is 0 Å². The largest absolute Gasteiger partial charge is 0.394 e. The van der Waals surface area contributed by atoms with Gasteiger partial charge in [-0.3, -0.25) is 9.69 Å². The Bertz CT molecular complexity index is 250. The van der Waals surface area contributed by atoms with Crippen LogP contribution in [-0.2, 0) is 9.53 Å². The molecule has 100 valence electrons. The maximum absolute atomic E-state index is 11.8. The summed E-state index contributed by atoms with van der Waals surface area (Å²) in [5, 5.41) is 12.2. The van der Waals surface area contributed by atoms with Crippen molar-refractivity contribution >= 4 is 5.91 Å². The third-order valence-electron chi connectivity index (χ3n) is 3.39. The molecule has 0 aromatic rings. The van der Waals surface area contributed by atoms with Gasteiger partial charge in [0.2, 0.25) is 5.91 Å². The van der Waals surface area contributed by atoms with E-state index in [4.69, 9.17) is 4.74 Å². The van der Waals surface area contributed by atoms with Crippen LogP contribution in [0.4, 0.5) is 0 Å². The standard InChI is InChI=1S/C12H24N2O3/c1-12(2,9-15)14(3)8-11(16)13-10-4-6-17-7-5-10/h10,15H,4-9H2,1-3H3,(H,13,16). The van der Waals surface area contributed by atoms with Crippen LogP contribution < -0.4 is 5.32 Å². The van der Waals surface area contributed by atoms with Gasteiger partial charge in [-0.2, -0.15) is 0 Å². The van der Waals surface area contributed by atoms with Gasteiger partial charge in [-0.15, -0.1) is 0 Å². The summed E-state index contributed by atoms with van der Waals surface area (Å²) in [6.45, 7) is 5.62. The number of hydrogen-bond acceptors (Lipinski definition) is 4. The van der Waals surface area contributed by atoms with E-state index in [1.807, 2.05) is 25.8 Å². The van der Waals surface area contributed by atoms with E-state index < -0.39 is 0 Å². The zero-order valence-electron chi connectivity index (χ0n) is 11.0. The SMILES string of the molecule is CN(CC(=O)NC1CCOCC1)C(C)(C)CO. The zero-order chi connectivity index (χ0) is 12.9. The third-order valence-corrected chi connectivity index (χ3v) is 3.39. The van der Waals surface area contributed by atoms with Gasteiger partial charge in [0.05, 0.1) is 13.2 Å². The van der Waals surface area contributed by atoms with E-state index in [1.54, 1.807) is 0 Å². The lowest BCUT2D eigenvalue weighted by atomic mass is 10.1. The summed E-state index contributed by atoms with van der Waals surface area (Å²) in [5.74, 6) is 0.0147. The maximum Gasteiger partial charge on any atom is 0.234 e. The van der Waals surface area contributed by atoms with Crippen LogP contribution in [0.15, 0.2) is 0 Å². The Morgan fingerprint density at radius 1 is 1.47 bits per heavy atom. The van der Waals surface area contributed by atoms with Gasteiger partial charge in [-0.25, -0.2) is 0 Å². The molecule has 0 atom stereocenters. The zero-order valence-corrected chi connectivity index (χ0v) is 11.0. The molecule has 5 nitrogen and oxygen atoms in total. The molecule has 1 amide bonds. The number of nitrogens with zero attached hydrogens (tertiary/aromatic N) is 1. The Labute approximate surface area is 103 Å².